The summed E-state index contributed by atoms with van der Waals surface area (Å²) in [6, 6.07) is 6.56. The van der Waals surface area contributed by atoms with Gasteiger partial charge in [-0.1, -0.05) is 5.21 Å². The van der Waals surface area contributed by atoms with E-state index in [1.54, 1.807) is 31.2 Å². The molecule has 98 valence electrons. The average molecular weight is 260 g/mol. The lowest BCUT2D eigenvalue weighted by molar-refractivity contribution is 0.0689. The Hall–Kier alpha value is -2.54. The number of aromatic carboxylic acids is 1. The number of hydrogen-bond donors (Lipinski definition) is 2. The lowest BCUT2D eigenvalue weighted by Gasteiger charge is -2.04. The second-order valence-electron chi connectivity index (χ2n) is 3.91. The van der Waals surface area contributed by atoms with Crippen LogP contribution >= 0.6 is 0 Å². The Kier molecular flexibility index (Phi) is 3.39. The van der Waals surface area contributed by atoms with Crippen molar-refractivity contribution in [2.45, 2.75) is 6.92 Å². The zero-order valence-corrected chi connectivity index (χ0v) is 10.2. The summed E-state index contributed by atoms with van der Waals surface area (Å²) in [7, 11) is 0. The van der Waals surface area contributed by atoms with Crippen molar-refractivity contribution in [2.75, 3.05) is 6.54 Å². The molecule has 0 aliphatic rings. The highest BCUT2D eigenvalue weighted by Gasteiger charge is 2.16. The van der Waals surface area contributed by atoms with E-state index in [-0.39, 0.29) is 18.0 Å². The number of benzene rings is 1. The SMILES string of the molecule is Cc1c(C(=O)O)nnn1-c1ccc(C(=O)CN)cc1. The standard InChI is InChI=1S/C12H12N4O3/c1-7-11(12(18)19)14-15-16(7)9-4-2-8(3-5-9)10(17)6-13/h2-5H,6,13H2,1H3,(H,18,19). The van der Waals surface area contributed by atoms with E-state index >= 15 is 0 Å². The fraction of sp³-hybridized carbons (Fsp3) is 0.167. The van der Waals surface area contributed by atoms with Gasteiger partial charge in [0.15, 0.2) is 11.5 Å². The normalized spacial score (nSPS) is 10.4. The summed E-state index contributed by atoms with van der Waals surface area (Å²) >= 11 is 0. The van der Waals surface area contributed by atoms with Gasteiger partial charge in [-0.3, -0.25) is 4.79 Å². The lowest BCUT2D eigenvalue weighted by Crippen LogP contribution is -2.13. The molecule has 0 saturated carbocycles. The van der Waals surface area contributed by atoms with Crippen molar-refractivity contribution in [1.29, 1.82) is 0 Å². The second-order valence-corrected chi connectivity index (χ2v) is 3.91. The van der Waals surface area contributed by atoms with Crippen molar-refractivity contribution in [3.05, 3.63) is 41.2 Å². The topological polar surface area (TPSA) is 111 Å². The number of hydrogen-bond acceptors (Lipinski definition) is 5. The van der Waals surface area contributed by atoms with E-state index in [2.05, 4.69) is 10.3 Å². The van der Waals surface area contributed by atoms with Gasteiger partial charge < -0.3 is 10.8 Å². The smallest absolute Gasteiger partial charge is 0.358 e. The Morgan fingerprint density at radius 1 is 1.32 bits per heavy atom. The number of aromatic nitrogens is 3. The van der Waals surface area contributed by atoms with Gasteiger partial charge in [-0.25, -0.2) is 9.48 Å². The van der Waals surface area contributed by atoms with Gasteiger partial charge in [0, 0.05) is 5.56 Å². The Morgan fingerprint density at radius 3 is 2.42 bits per heavy atom. The maximum Gasteiger partial charge on any atom is 0.358 e. The Bertz CT molecular complexity index is 631. The van der Waals surface area contributed by atoms with Gasteiger partial charge in [0.1, 0.15) is 0 Å². The van der Waals surface area contributed by atoms with Gasteiger partial charge >= 0.3 is 5.97 Å². The maximum absolute atomic E-state index is 11.4. The molecule has 0 spiro atoms. The molecule has 7 heteroatoms. The van der Waals surface area contributed by atoms with Gasteiger partial charge in [-0.15, -0.1) is 5.10 Å². The third kappa shape index (κ3) is 2.36. The molecule has 7 nitrogen and oxygen atoms in total. The van der Waals surface area contributed by atoms with Gasteiger partial charge in [0.25, 0.3) is 0 Å². The Morgan fingerprint density at radius 2 is 1.95 bits per heavy atom. The predicted octanol–water partition coefficient (Wildman–Crippen LogP) is 0.415. The van der Waals surface area contributed by atoms with E-state index in [4.69, 9.17) is 10.8 Å². The van der Waals surface area contributed by atoms with Gasteiger partial charge in [0.05, 0.1) is 17.9 Å². The molecule has 0 unspecified atom stereocenters. The van der Waals surface area contributed by atoms with Gasteiger partial charge in [0.2, 0.25) is 0 Å². The second kappa shape index (κ2) is 4.99. The molecule has 0 fully saturated rings. The van der Waals surface area contributed by atoms with E-state index < -0.39 is 5.97 Å². The van der Waals surface area contributed by atoms with E-state index in [1.165, 1.54) is 4.68 Å². The monoisotopic (exact) mass is 260 g/mol. The van der Waals surface area contributed by atoms with Crippen LogP contribution in [0.1, 0.15) is 26.5 Å². The van der Waals surface area contributed by atoms with Crippen LogP contribution in [0.15, 0.2) is 24.3 Å². The van der Waals surface area contributed by atoms with E-state index in [9.17, 15) is 9.59 Å². The van der Waals surface area contributed by atoms with Crippen LogP contribution in [0, 0.1) is 6.92 Å². The Labute approximate surface area is 108 Å². The van der Waals surface area contributed by atoms with Crippen LogP contribution in [0.3, 0.4) is 0 Å². The maximum atomic E-state index is 11.4. The van der Waals surface area contributed by atoms with Crippen LogP contribution in [0.5, 0.6) is 0 Å². The molecule has 0 aliphatic heterocycles. The lowest BCUT2D eigenvalue weighted by atomic mass is 10.1. The molecular formula is C12H12N4O3. The summed E-state index contributed by atoms with van der Waals surface area (Å²) < 4.78 is 1.40. The number of ketones is 1. The fourth-order valence-electron chi connectivity index (χ4n) is 1.68. The molecule has 1 aromatic carbocycles. The van der Waals surface area contributed by atoms with E-state index in [0.717, 1.165) is 0 Å². The summed E-state index contributed by atoms with van der Waals surface area (Å²) in [6.45, 7) is 1.56. The zero-order valence-electron chi connectivity index (χ0n) is 10.2. The third-order valence-corrected chi connectivity index (χ3v) is 2.72. The molecule has 0 saturated heterocycles. The molecular weight excluding hydrogens is 248 g/mol. The summed E-state index contributed by atoms with van der Waals surface area (Å²) in [5.41, 5.74) is 6.73. The minimum absolute atomic E-state index is 0.0507. The minimum Gasteiger partial charge on any atom is -0.476 e. The molecule has 1 aromatic heterocycles. The van der Waals surface area contributed by atoms with Crippen LogP contribution < -0.4 is 5.73 Å². The first-order valence-corrected chi connectivity index (χ1v) is 5.54. The molecule has 0 amide bonds. The summed E-state index contributed by atoms with van der Waals surface area (Å²) in [4.78, 5) is 22.3. The fourth-order valence-corrected chi connectivity index (χ4v) is 1.68. The zero-order chi connectivity index (χ0) is 14.0. The minimum atomic E-state index is -1.13. The first kappa shape index (κ1) is 12.9. The predicted molar refractivity (Wildman–Crippen MR) is 66.4 cm³/mol. The number of carbonyl (C=O) groups excluding carboxylic acids is 1. The first-order chi connectivity index (χ1) is 9.04. The molecule has 0 aliphatic carbocycles. The van der Waals surface area contributed by atoms with E-state index in [0.29, 0.717) is 16.9 Å². The highest BCUT2D eigenvalue weighted by atomic mass is 16.4. The molecule has 0 radical (unpaired) electrons. The third-order valence-electron chi connectivity index (χ3n) is 2.72. The number of carboxylic acids is 1. The first-order valence-electron chi connectivity index (χ1n) is 5.54. The largest absolute Gasteiger partial charge is 0.476 e. The van der Waals surface area contributed by atoms with Crippen LogP contribution in [0.2, 0.25) is 0 Å². The molecule has 0 atom stereocenters. The van der Waals surface area contributed by atoms with Crippen molar-refractivity contribution in [1.82, 2.24) is 15.0 Å². The number of carboxylic acid groups (broad SMARTS) is 1. The number of nitrogens with zero attached hydrogens (tertiary/aromatic N) is 3. The molecule has 2 aromatic rings. The van der Waals surface area contributed by atoms with Crippen molar-refractivity contribution < 1.29 is 14.7 Å². The van der Waals surface area contributed by atoms with Crippen molar-refractivity contribution in [2.24, 2.45) is 5.73 Å². The summed E-state index contributed by atoms with van der Waals surface area (Å²) in [5.74, 6) is -1.29. The number of carbonyl (C=O) groups is 2. The number of rotatable bonds is 4. The van der Waals surface area contributed by atoms with Crippen LogP contribution in [-0.4, -0.2) is 38.4 Å². The van der Waals surface area contributed by atoms with Crippen molar-refractivity contribution in [3.63, 3.8) is 0 Å². The highest BCUT2D eigenvalue weighted by molar-refractivity contribution is 5.97. The molecule has 2 rings (SSSR count). The Balaban J connectivity index is 2.38. The van der Waals surface area contributed by atoms with Gasteiger partial charge in [-0.05, 0) is 31.2 Å². The summed E-state index contributed by atoms with van der Waals surface area (Å²) in [6.07, 6.45) is 0. The molecule has 1 heterocycles. The van der Waals surface area contributed by atoms with Crippen LogP contribution in [0.25, 0.3) is 5.69 Å². The summed E-state index contributed by atoms with van der Waals surface area (Å²) in [5, 5.41) is 16.3. The average Bonchev–Trinajstić information content (AvgIpc) is 2.80. The molecule has 19 heavy (non-hydrogen) atoms. The molecule has 3 N–H and O–H groups in total. The highest BCUT2D eigenvalue weighted by Crippen LogP contribution is 2.13. The number of nitrogens with two attached hydrogens (primary N) is 1. The number of Topliss-reactive ketones (excluding diaryl/α,β-unsaturated/α-hetero) is 1. The van der Waals surface area contributed by atoms with Crippen molar-refractivity contribution in [3.8, 4) is 5.69 Å². The molecule has 0 bridgehead atoms. The van der Waals surface area contributed by atoms with E-state index in [1.807, 2.05) is 0 Å². The van der Waals surface area contributed by atoms with Crippen LogP contribution in [0.4, 0.5) is 0 Å². The van der Waals surface area contributed by atoms with Crippen LogP contribution in [-0.2, 0) is 0 Å². The van der Waals surface area contributed by atoms with Crippen molar-refractivity contribution >= 4 is 11.8 Å². The quantitative estimate of drug-likeness (QED) is 0.770. The van der Waals surface area contributed by atoms with Gasteiger partial charge in [-0.2, -0.15) is 0 Å².